The summed E-state index contributed by atoms with van der Waals surface area (Å²) in [6, 6.07) is 0. The third kappa shape index (κ3) is 10.5. The van der Waals surface area contributed by atoms with Gasteiger partial charge in [-0.3, -0.25) is 0 Å². The van der Waals surface area contributed by atoms with E-state index in [0.717, 1.165) is 26.2 Å². The van der Waals surface area contributed by atoms with E-state index in [4.69, 9.17) is 0 Å². The number of benzene rings is 2. The molecule has 0 atom stereocenters. The molecular weight excluding hydrogens is 864 g/mol. The van der Waals surface area contributed by atoms with E-state index in [-0.39, 0.29) is 0 Å². The molecule has 248 valence electrons. The summed E-state index contributed by atoms with van der Waals surface area (Å²) in [5.74, 6) is 0. The fourth-order valence-electron chi connectivity index (χ4n) is 5.41. The van der Waals surface area contributed by atoms with Gasteiger partial charge in [0.1, 0.15) is 0 Å². The zero-order chi connectivity index (χ0) is 33.7. The zero-order valence-corrected chi connectivity index (χ0v) is 34.0. The van der Waals surface area contributed by atoms with Crippen molar-refractivity contribution in [3.63, 3.8) is 0 Å². The Balaban J connectivity index is 0.000000395. The Kier molecular flexibility index (Phi) is 19.0. The molecule has 44 heavy (non-hydrogen) atoms. The van der Waals surface area contributed by atoms with E-state index in [1.54, 1.807) is 0 Å². The van der Waals surface area contributed by atoms with Crippen LogP contribution in [0.4, 0.5) is 0 Å². The summed E-state index contributed by atoms with van der Waals surface area (Å²) in [7, 11) is 0. The Bertz CT molecular complexity index is 1180. The molecule has 4 radical (unpaired) electrons. The molecule has 2 aliphatic heterocycles. The van der Waals surface area contributed by atoms with E-state index >= 15 is 0 Å². The van der Waals surface area contributed by atoms with E-state index in [9.17, 15) is 0 Å². The van der Waals surface area contributed by atoms with Crippen molar-refractivity contribution in [1.82, 2.24) is 19.6 Å². The molecular formula is C36H48Ag2Br2N4. The van der Waals surface area contributed by atoms with Gasteiger partial charge in [-0.15, -0.1) is 13.2 Å². The molecule has 2 aromatic carbocycles. The average molecular weight is 912 g/mol. The van der Waals surface area contributed by atoms with Crippen molar-refractivity contribution >= 4 is 26.0 Å². The van der Waals surface area contributed by atoms with Crippen molar-refractivity contribution < 1.29 is 37.9 Å². The summed E-state index contributed by atoms with van der Waals surface area (Å²) in [6.45, 7) is 39.8. The van der Waals surface area contributed by atoms with Gasteiger partial charge in [0.25, 0.3) is 0 Å². The Labute approximate surface area is 306 Å². The molecule has 2 aliphatic rings. The van der Waals surface area contributed by atoms with Crippen LogP contribution in [0.2, 0.25) is 0 Å². The van der Waals surface area contributed by atoms with Crippen molar-refractivity contribution in [3.8, 4) is 0 Å². The first kappa shape index (κ1) is 41.1. The minimum absolute atomic E-state index is 0.802. The van der Waals surface area contributed by atoms with Gasteiger partial charge in [-0.2, -0.15) is 0 Å². The maximum atomic E-state index is 3.76. The van der Waals surface area contributed by atoms with Crippen LogP contribution in [0, 0.1) is 82.6 Å². The van der Waals surface area contributed by atoms with Crippen molar-refractivity contribution in [2.45, 2.75) is 82.3 Å². The summed E-state index contributed by atoms with van der Waals surface area (Å²) in [5.41, 5.74) is 16.9. The minimum atomic E-state index is 0.802. The summed E-state index contributed by atoms with van der Waals surface area (Å²) in [6.07, 6.45) is 12.0. The molecule has 4 rings (SSSR count). The Morgan fingerprint density at radius 2 is 0.705 bits per heavy atom. The van der Waals surface area contributed by atoms with E-state index in [1.807, 2.05) is 34.4 Å². The molecule has 8 heteroatoms. The molecule has 4 nitrogen and oxygen atoms in total. The average Bonchev–Trinajstić information content (AvgIpc) is 3.69. The van der Waals surface area contributed by atoms with Crippen molar-refractivity contribution in [2.75, 3.05) is 13.1 Å². The predicted molar refractivity (Wildman–Crippen MR) is 188 cm³/mol. The van der Waals surface area contributed by atoms with Crippen molar-refractivity contribution in [3.05, 3.63) is 130 Å². The molecule has 0 spiro atoms. The molecule has 0 saturated carbocycles. The first-order valence-electron chi connectivity index (χ1n) is 14.4. The first-order chi connectivity index (χ1) is 20.9. The number of halogens is 2. The van der Waals surface area contributed by atoms with E-state index in [2.05, 4.69) is 182 Å². The second-order valence-electron chi connectivity index (χ2n) is 11.1. The molecule has 0 N–H and O–H groups in total. The van der Waals surface area contributed by atoms with Crippen molar-refractivity contribution in [1.29, 1.82) is 0 Å². The third-order valence-corrected chi connectivity index (χ3v) is 8.99. The van der Waals surface area contributed by atoms with Gasteiger partial charge >= 0.3 is 63.9 Å². The molecule has 0 aromatic heterocycles. The van der Waals surface area contributed by atoms with Crippen LogP contribution in [0.15, 0.2) is 50.1 Å². The van der Waals surface area contributed by atoms with Gasteiger partial charge in [0.15, 0.2) is 0 Å². The predicted octanol–water partition coefficient (Wildman–Crippen LogP) is 9.69. The van der Waals surface area contributed by atoms with Crippen LogP contribution >= 0.6 is 26.0 Å². The van der Waals surface area contributed by atoms with E-state index in [1.165, 1.54) is 66.8 Å². The fourth-order valence-corrected chi connectivity index (χ4v) is 5.41. The number of nitrogens with zero attached hydrogens (tertiary/aromatic N) is 4. The van der Waals surface area contributed by atoms with Crippen molar-refractivity contribution in [2.24, 2.45) is 0 Å². The van der Waals surface area contributed by atoms with E-state index in [0.29, 0.717) is 0 Å². The molecule has 0 fully saturated rings. The molecule has 0 unspecified atom stereocenters. The van der Waals surface area contributed by atoms with Crippen LogP contribution in [0.1, 0.15) is 66.8 Å². The Morgan fingerprint density at radius 3 is 0.955 bits per heavy atom. The monoisotopic (exact) mass is 908 g/mol. The third-order valence-electron chi connectivity index (χ3n) is 8.99. The van der Waals surface area contributed by atoms with Gasteiger partial charge in [-0.05, 0) is 136 Å². The van der Waals surface area contributed by atoms with Crippen LogP contribution in [0.5, 0.6) is 0 Å². The standard InChI is InChI=1S/2C18H24N2.2Ag.2BrH/c2*1-7-8-19-9-10-20(12-19)11-18-16(5)14(3)13(2)15(4)17(18)6;;;;/h2*7,9-10H,1,8,11H2,2-6H3;;;2*1H/q;;2*+1;;/p-2. The summed E-state index contributed by atoms with van der Waals surface area (Å²) < 4.78 is 0. The molecule has 0 aliphatic carbocycles. The number of rotatable bonds is 8. The second kappa shape index (κ2) is 20.3. The molecule has 2 aromatic rings. The van der Waals surface area contributed by atoms with Gasteiger partial charge in [0.05, 0.1) is 0 Å². The molecule has 0 amide bonds. The van der Waals surface area contributed by atoms with Gasteiger partial charge in [0, 0.05) is 51.0 Å². The van der Waals surface area contributed by atoms with Crippen LogP contribution in [0.25, 0.3) is 0 Å². The molecule has 2 heterocycles. The molecule has 0 saturated heterocycles. The summed E-state index contributed by atoms with van der Waals surface area (Å²) in [4.78, 5) is 8.28. The van der Waals surface area contributed by atoms with Gasteiger partial charge in [-0.1, -0.05) is 12.2 Å². The Morgan fingerprint density at radius 1 is 0.477 bits per heavy atom. The summed E-state index contributed by atoms with van der Waals surface area (Å²) >= 11 is 11.0. The first-order valence-corrected chi connectivity index (χ1v) is 21.2. The van der Waals surface area contributed by atoms with Gasteiger partial charge < -0.3 is 19.6 Å². The van der Waals surface area contributed by atoms with E-state index < -0.39 is 0 Å². The number of hydrogen-bond donors (Lipinski definition) is 0. The quantitative estimate of drug-likeness (QED) is 0.193. The summed E-state index contributed by atoms with van der Waals surface area (Å²) in [5, 5.41) is 0. The van der Waals surface area contributed by atoms with Crippen LogP contribution in [0.3, 0.4) is 0 Å². The topological polar surface area (TPSA) is 13.0 Å². The Hall–Kier alpha value is -0.959. The van der Waals surface area contributed by atoms with Gasteiger partial charge in [-0.25, -0.2) is 0 Å². The van der Waals surface area contributed by atoms with Gasteiger partial charge in [0.2, 0.25) is 13.3 Å². The van der Waals surface area contributed by atoms with Crippen LogP contribution in [-0.2, 0) is 51.0 Å². The van der Waals surface area contributed by atoms with Crippen LogP contribution < -0.4 is 0 Å². The number of hydrogen-bond acceptors (Lipinski definition) is 4. The van der Waals surface area contributed by atoms with Crippen LogP contribution in [-0.4, -0.2) is 32.7 Å². The fraction of sp³-hybridized carbons (Fsp3) is 0.389. The molecule has 0 bridgehead atoms. The zero-order valence-electron chi connectivity index (χ0n) is 27.9. The second-order valence-corrected chi connectivity index (χ2v) is 11.1. The maximum absolute atomic E-state index is 3.76. The normalized spacial score (nSPS) is 13.3. The SMILES string of the molecule is C=CCN1[C]N(Cc2c(C)c(C)c(C)c(C)c2C)C=C1.C=CCN1[C]N(Cc2c(C)c(C)c(C)c(C)c2C)C=C1.[Br][Ag].[Br][Ag].